The van der Waals surface area contributed by atoms with Crippen LogP contribution >= 0.6 is 15.9 Å². The molecule has 1 aromatic carbocycles. The van der Waals surface area contributed by atoms with Gasteiger partial charge in [0.25, 0.3) is 0 Å². The zero-order valence-corrected chi connectivity index (χ0v) is 14.0. The van der Waals surface area contributed by atoms with Gasteiger partial charge < -0.3 is 10.2 Å². The highest BCUT2D eigenvalue weighted by Crippen LogP contribution is 2.39. The lowest BCUT2D eigenvalue weighted by Crippen LogP contribution is -2.34. The Morgan fingerprint density at radius 3 is 2.62 bits per heavy atom. The van der Waals surface area contributed by atoms with E-state index in [0.717, 1.165) is 11.5 Å². The molecule has 1 N–H and O–H groups in total. The first-order chi connectivity index (χ1) is 10.1. The van der Waals surface area contributed by atoms with Crippen LogP contribution in [0.2, 0.25) is 0 Å². The van der Waals surface area contributed by atoms with E-state index in [1.165, 1.54) is 22.9 Å². The second-order valence-electron chi connectivity index (χ2n) is 5.86. The number of hydrogen-bond acceptors (Lipinski definition) is 3. The molecule has 0 atom stereocenters. The molecule has 21 heavy (non-hydrogen) atoms. The molecule has 110 valence electrons. The molecule has 0 saturated heterocycles. The number of halogens is 1. The van der Waals surface area contributed by atoms with Crippen LogP contribution in [0, 0.1) is 0 Å². The lowest BCUT2D eigenvalue weighted by Gasteiger charge is -2.37. The average molecular weight is 346 g/mol. The summed E-state index contributed by atoms with van der Waals surface area (Å²) in [6.45, 7) is 0. The molecule has 2 aromatic rings. The predicted octanol–water partition coefficient (Wildman–Crippen LogP) is 4.27. The molecule has 1 saturated carbocycles. The third-order valence-electron chi connectivity index (χ3n) is 4.04. The summed E-state index contributed by atoms with van der Waals surface area (Å²) in [5.41, 5.74) is 2.54. The summed E-state index contributed by atoms with van der Waals surface area (Å²) < 4.78 is 1.17. The number of hydrogen-bond donors (Lipinski definition) is 1. The third-order valence-corrected chi connectivity index (χ3v) is 4.53. The van der Waals surface area contributed by atoms with Crippen molar-refractivity contribution in [3.05, 3.63) is 52.6 Å². The maximum atomic E-state index is 4.44. The highest BCUT2D eigenvalue weighted by atomic mass is 79.9. The molecular formula is C17H20BrN3. The van der Waals surface area contributed by atoms with Crippen molar-refractivity contribution < 1.29 is 0 Å². The van der Waals surface area contributed by atoms with Gasteiger partial charge in [0.05, 0.1) is 11.9 Å². The number of anilines is 2. The van der Waals surface area contributed by atoms with E-state index in [1.807, 2.05) is 31.3 Å². The Balaban J connectivity index is 1.55. The molecular weight excluding hydrogens is 326 g/mol. The zero-order chi connectivity index (χ0) is 14.8. The molecule has 0 spiro atoms. The topological polar surface area (TPSA) is 28.2 Å². The molecule has 0 radical (unpaired) electrons. The van der Waals surface area contributed by atoms with E-state index in [4.69, 9.17) is 0 Å². The van der Waals surface area contributed by atoms with Gasteiger partial charge >= 0.3 is 0 Å². The van der Waals surface area contributed by atoms with Gasteiger partial charge in [0.2, 0.25) is 0 Å². The number of rotatable bonds is 4. The summed E-state index contributed by atoms with van der Waals surface area (Å²) >= 11 is 3.54. The molecule has 1 heterocycles. The van der Waals surface area contributed by atoms with Gasteiger partial charge in [0.15, 0.2) is 0 Å². The number of nitrogens with zero attached hydrogens (tertiary/aromatic N) is 2. The van der Waals surface area contributed by atoms with Crippen molar-refractivity contribution >= 4 is 27.4 Å². The van der Waals surface area contributed by atoms with E-state index < -0.39 is 0 Å². The summed E-state index contributed by atoms with van der Waals surface area (Å²) in [6.07, 6.45) is 4.29. The van der Waals surface area contributed by atoms with Crippen molar-refractivity contribution in [2.45, 2.75) is 24.8 Å². The molecule has 1 fully saturated rings. The number of nitrogens with one attached hydrogen (secondary N) is 1. The standard InChI is InChI=1S/C17H20BrN3/c1-21(2)17-7-6-15(11-19-17)20-16-9-13(10-16)12-4-3-5-14(18)8-12/h3-8,11,13,16,20H,9-10H2,1-2H3. The van der Waals surface area contributed by atoms with Gasteiger partial charge in [0.1, 0.15) is 5.82 Å². The van der Waals surface area contributed by atoms with Crippen LogP contribution in [-0.4, -0.2) is 25.1 Å². The van der Waals surface area contributed by atoms with E-state index in [0.29, 0.717) is 12.0 Å². The summed E-state index contributed by atoms with van der Waals surface area (Å²) in [5.74, 6) is 1.66. The Morgan fingerprint density at radius 1 is 1.19 bits per heavy atom. The molecule has 0 unspecified atom stereocenters. The molecule has 3 rings (SSSR count). The lowest BCUT2D eigenvalue weighted by molar-refractivity contribution is 0.374. The van der Waals surface area contributed by atoms with Crippen molar-refractivity contribution in [2.75, 3.05) is 24.3 Å². The number of benzene rings is 1. The van der Waals surface area contributed by atoms with Crippen LogP contribution in [0.3, 0.4) is 0 Å². The van der Waals surface area contributed by atoms with Gasteiger partial charge in [-0.05, 0) is 48.6 Å². The van der Waals surface area contributed by atoms with Crippen LogP contribution in [0.25, 0.3) is 0 Å². The minimum atomic E-state index is 0.556. The molecule has 0 bridgehead atoms. The van der Waals surface area contributed by atoms with E-state index in [9.17, 15) is 0 Å². The Labute approximate surface area is 134 Å². The molecule has 0 amide bonds. The quantitative estimate of drug-likeness (QED) is 0.896. The fraction of sp³-hybridized carbons (Fsp3) is 0.353. The van der Waals surface area contributed by atoms with Crippen LogP contribution in [0.15, 0.2) is 47.1 Å². The minimum absolute atomic E-state index is 0.556. The smallest absolute Gasteiger partial charge is 0.128 e. The second-order valence-corrected chi connectivity index (χ2v) is 6.78. The summed E-state index contributed by atoms with van der Waals surface area (Å²) in [6, 6.07) is 13.4. The van der Waals surface area contributed by atoms with Gasteiger partial charge in [-0.1, -0.05) is 28.1 Å². The number of aromatic nitrogens is 1. The largest absolute Gasteiger partial charge is 0.381 e. The maximum absolute atomic E-state index is 4.44. The van der Waals surface area contributed by atoms with Crippen molar-refractivity contribution in [1.29, 1.82) is 0 Å². The monoisotopic (exact) mass is 345 g/mol. The van der Waals surface area contributed by atoms with Crippen LogP contribution in [-0.2, 0) is 0 Å². The Morgan fingerprint density at radius 2 is 2.00 bits per heavy atom. The molecule has 4 heteroatoms. The molecule has 1 aromatic heterocycles. The van der Waals surface area contributed by atoms with E-state index in [2.05, 4.69) is 56.6 Å². The average Bonchev–Trinajstić information content (AvgIpc) is 2.43. The van der Waals surface area contributed by atoms with Gasteiger partial charge in [0, 0.05) is 24.6 Å². The fourth-order valence-electron chi connectivity index (χ4n) is 2.74. The SMILES string of the molecule is CN(C)c1ccc(NC2CC(c3cccc(Br)c3)C2)cn1. The summed E-state index contributed by atoms with van der Waals surface area (Å²) in [5, 5.41) is 3.57. The van der Waals surface area contributed by atoms with Crippen LogP contribution in [0.1, 0.15) is 24.3 Å². The van der Waals surface area contributed by atoms with Gasteiger partial charge in [-0.2, -0.15) is 0 Å². The zero-order valence-electron chi connectivity index (χ0n) is 12.4. The van der Waals surface area contributed by atoms with Crippen LogP contribution < -0.4 is 10.2 Å². The molecule has 0 aliphatic heterocycles. The Hall–Kier alpha value is -1.55. The minimum Gasteiger partial charge on any atom is -0.381 e. The predicted molar refractivity (Wildman–Crippen MR) is 92.1 cm³/mol. The van der Waals surface area contributed by atoms with E-state index in [-0.39, 0.29) is 0 Å². The molecule has 3 nitrogen and oxygen atoms in total. The third kappa shape index (κ3) is 3.38. The Kier molecular flexibility index (Phi) is 4.15. The van der Waals surface area contributed by atoms with Crippen molar-refractivity contribution in [1.82, 2.24) is 4.98 Å². The first-order valence-corrected chi connectivity index (χ1v) is 8.06. The summed E-state index contributed by atoms with van der Waals surface area (Å²) in [4.78, 5) is 6.45. The maximum Gasteiger partial charge on any atom is 0.128 e. The first-order valence-electron chi connectivity index (χ1n) is 7.27. The van der Waals surface area contributed by atoms with E-state index in [1.54, 1.807) is 0 Å². The van der Waals surface area contributed by atoms with Crippen molar-refractivity contribution in [3.8, 4) is 0 Å². The van der Waals surface area contributed by atoms with Crippen molar-refractivity contribution in [3.63, 3.8) is 0 Å². The fourth-order valence-corrected chi connectivity index (χ4v) is 3.16. The highest BCUT2D eigenvalue weighted by molar-refractivity contribution is 9.10. The van der Waals surface area contributed by atoms with Crippen LogP contribution in [0.4, 0.5) is 11.5 Å². The lowest BCUT2D eigenvalue weighted by atomic mass is 9.76. The Bertz CT molecular complexity index is 604. The van der Waals surface area contributed by atoms with Gasteiger partial charge in [-0.3, -0.25) is 0 Å². The van der Waals surface area contributed by atoms with E-state index >= 15 is 0 Å². The first kappa shape index (κ1) is 14.4. The number of pyridine rings is 1. The van der Waals surface area contributed by atoms with Crippen molar-refractivity contribution in [2.24, 2.45) is 0 Å². The van der Waals surface area contributed by atoms with Crippen LogP contribution in [0.5, 0.6) is 0 Å². The molecule has 1 aliphatic rings. The highest BCUT2D eigenvalue weighted by Gasteiger charge is 2.30. The van der Waals surface area contributed by atoms with Gasteiger partial charge in [-0.15, -0.1) is 0 Å². The normalized spacial score (nSPS) is 20.7. The second kappa shape index (κ2) is 6.06. The summed E-state index contributed by atoms with van der Waals surface area (Å²) in [7, 11) is 4.01. The van der Waals surface area contributed by atoms with Gasteiger partial charge in [-0.25, -0.2) is 4.98 Å². The molecule has 1 aliphatic carbocycles.